The molecule has 2 aliphatic rings. The Labute approximate surface area is 88.6 Å². The molecule has 1 aliphatic carbocycles. The number of rotatable bonds is 1. The second-order valence-corrected chi connectivity index (χ2v) is 4.70. The molecule has 3 rings (SSSR count). The smallest absolute Gasteiger partial charge is 0.324 e. The number of aromatic nitrogens is 2. The van der Waals surface area contributed by atoms with Crippen LogP contribution in [0.2, 0.25) is 0 Å². The summed E-state index contributed by atoms with van der Waals surface area (Å²) in [7, 11) is 0. The molecule has 2 bridgehead atoms. The van der Waals surface area contributed by atoms with Gasteiger partial charge < -0.3 is 15.2 Å². The number of fused-ring (bicyclic) bond motifs is 2. The Morgan fingerprint density at radius 3 is 2.53 bits per heavy atom. The fourth-order valence-corrected chi connectivity index (χ4v) is 2.84. The second-order valence-electron chi connectivity index (χ2n) is 4.70. The van der Waals surface area contributed by atoms with Crippen LogP contribution in [-0.4, -0.2) is 29.3 Å². The van der Waals surface area contributed by atoms with E-state index in [0.29, 0.717) is 29.7 Å². The molecular weight excluding hydrogens is 192 g/mol. The number of hydrogen-bond donors (Lipinski definition) is 1. The van der Waals surface area contributed by atoms with Gasteiger partial charge in [-0.1, -0.05) is 5.16 Å². The summed E-state index contributed by atoms with van der Waals surface area (Å²) < 4.78 is 5.19. The Hall–Kier alpha value is -1.10. The third-order valence-electron chi connectivity index (χ3n) is 3.69. The first kappa shape index (κ1) is 9.15. The highest BCUT2D eigenvalue weighted by Gasteiger charge is 2.41. The molecule has 1 aromatic rings. The zero-order valence-corrected chi connectivity index (χ0v) is 8.89. The zero-order chi connectivity index (χ0) is 10.4. The van der Waals surface area contributed by atoms with Gasteiger partial charge in [-0.05, 0) is 31.6 Å². The van der Waals surface area contributed by atoms with Gasteiger partial charge in [-0.3, -0.25) is 0 Å². The normalized spacial score (nSPS) is 34.8. The first-order chi connectivity index (χ1) is 7.24. The maximum absolute atomic E-state index is 6.14. The predicted molar refractivity (Wildman–Crippen MR) is 55.4 cm³/mol. The Balaban J connectivity index is 1.80. The fraction of sp³-hybridized carbons (Fsp3) is 0.800. The van der Waals surface area contributed by atoms with Crippen LogP contribution >= 0.6 is 0 Å². The van der Waals surface area contributed by atoms with Crippen LogP contribution in [0.5, 0.6) is 0 Å². The average Bonchev–Trinajstić information content (AvgIpc) is 2.70. The summed E-state index contributed by atoms with van der Waals surface area (Å²) in [6.07, 6.45) is 2.49. The van der Waals surface area contributed by atoms with E-state index in [-0.39, 0.29) is 0 Å². The molecule has 1 aromatic heterocycles. The van der Waals surface area contributed by atoms with Crippen molar-refractivity contribution >= 4 is 6.01 Å². The molecule has 5 nitrogen and oxygen atoms in total. The number of hydrogen-bond acceptors (Lipinski definition) is 5. The topological polar surface area (TPSA) is 68.2 Å². The van der Waals surface area contributed by atoms with Crippen molar-refractivity contribution in [1.82, 2.24) is 10.1 Å². The van der Waals surface area contributed by atoms with Gasteiger partial charge in [0.2, 0.25) is 0 Å². The number of aryl methyl sites for hydroxylation is 1. The first-order valence-corrected chi connectivity index (χ1v) is 5.55. The SMILES string of the molecule is Cc1noc(N2C[C@H]3CC[C@@H](C2)[C@H]3N)n1. The van der Waals surface area contributed by atoms with E-state index in [1.54, 1.807) is 0 Å². The van der Waals surface area contributed by atoms with Crippen LogP contribution in [0.1, 0.15) is 18.7 Å². The highest BCUT2D eigenvalue weighted by atomic mass is 16.5. The van der Waals surface area contributed by atoms with Gasteiger partial charge in [-0.25, -0.2) is 0 Å². The van der Waals surface area contributed by atoms with Crippen molar-refractivity contribution in [2.24, 2.45) is 17.6 Å². The molecule has 1 saturated heterocycles. The van der Waals surface area contributed by atoms with E-state index >= 15 is 0 Å². The van der Waals surface area contributed by atoms with Crippen molar-refractivity contribution in [3.05, 3.63) is 5.82 Å². The second kappa shape index (κ2) is 3.20. The lowest BCUT2D eigenvalue weighted by Crippen LogP contribution is -2.48. The molecule has 0 radical (unpaired) electrons. The Kier molecular flexibility index (Phi) is 1.95. The van der Waals surface area contributed by atoms with Gasteiger partial charge in [-0.2, -0.15) is 4.98 Å². The molecule has 0 spiro atoms. The van der Waals surface area contributed by atoms with Crippen molar-refractivity contribution < 1.29 is 4.52 Å². The van der Waals surface area contributed by atoms with Crippen LogP contribution in [0, 0.1) is 18.8 Å². The Morgan fingerprint density at radius 1 is 1.33 bits per heavy atom. The lowest BCUT2D eigenvalue weighted by Gasteiger charge is -2.34. The van der Waals surface area contributed by atoms with Gasteiger partial charge in [0.25, 0.3) is 0 Å². The first-order valence-electron chi connectivity index (χ1n) is 5.55. The largest absolute Gasteiger partial charge is 0.327 e. The van der Waals surface area contributed by atoms with Gasteiger partial charge >= 0.3 is 6.01 Å². The number of nitrogens with two attached hydrogens (primary N) is 1. The van der Waals surface area contributed by atoms with Crippen molar-refractivity contribution in [2.75, 3.05) is 18.0 Å². The summed E-state index contributed by atoms with van der Waals surface area (Å²) in [6, 6.07) is 1.04. The van der Waals surface area contributed by atoms with Crippen LogP contribution in [0.15, 0.2) is 4.52 Å². The summed E-state index contributed by atoms with van der Waals surface area (Å²) in [5, 5.41) is 3.82. The van der Waals surface area contributed by atoms with Crippen molar-refractivity contribution in [1.29, 1.82) is 0 Å². The summed E-state index contributed by atoms with van der Waals surface area (Å²) in [6.45, 7) is 3.79. The van der Waals surface area contributed by atoms with Gasteiger partial charge in [-0.15, -0.1) is 0 Å². The van der Waals surface area contributed by atoms with Gasteiger partial charge in [0.15, 0.2) is 5.82 Å². The van der Waals surface area contributed by atoms with Gasteiger partial charge in [0.05, 0.1) is 0 Å². The van der Waals surface area contributed by atoms with Gasteiger partial charge in [0, 0.05) is 19.1 Å². The summed E-state index contributed by atoms with van der Waals surface area (Å²) in [5.74, 6) is 1.92. The highest BCUT2D eigenvalue weighted by molar-refractivity contribution is 5.28. The molecule has 2 heterocycles. The molecule has 82 valence electrons. The standard InChI is InChI=1S/C10H16N4O/c1-6-12-10(15-13-6)14-4-7-2-3-8(5-14)9(7)11/h7-9H,2-5,11H2,1H3/t7-,8+,9+. The Morgan fingerprint density at radius 2 is 2.00 bits per heavy atom. The Bertz CT molecular complexity index is 350. The van der Waals surface area contributed by atoms with Crippen molar-refractivity contribution in [2.45, 2.75) is 25.8 Å². The third kappa shape index (κ3) is 1.42. The monoisotopic (exact) mass is 208 g/mol. The molecule has 0 unspecified atom stereocenters. The molecule has 0 aromatic carbocycles. The molecule has 1 aliphatic heterocycles. The van der Waals surface area contributed by atoms with E-state index in [1.165, 1.54) is 12.8 Å². The lowest BCUT2D eigenvalue weighted by molar-refractivity contribution is 0.327. The molecule has 15 heavy (non-hydrogen) atoms. The molecule has 5 heteroatoms. The van der Waals surface area contributed by atoms with Crippen molar-refractivity contribution in [3.8, 4) is 0 Å². The van der Waals surface area contributed by atoms with E-state index in [0.717, 1.165) is 13.1 Å². The van der Waals surface area contributed by atoms with Crippen LogP contribution < -0.4 is 10.6 Å². The minimum atomic E-state index is 0.380. The minimum Gasteiger partial charge on any atom is -0.327 e. The lowest BCUT2D eigenvalue weighted by atomic mass is 9.93. The molecule has 2 fully saturated rings. The number of nitrogens with zero attached hydrogens (tertiary/aromatic N) is 3. The molecule has 3 atom stereocenters. The van der Waals surface area contributed by atoms with E-state index in [2.05, 4.69) is 15.0 Å². The quantitative estimate of drug-likeness (QED) is 0.730. The maximum Gasteiger partial charge on any atom is 0.324 e. The van der Waals surface area contributed by atoms with Crippen LogP contribution in [0.25, 0.3) is 0 Å². The van der Waals surface area contributed by atoms with E-state index < -0.39 is 0 Å². The maximum atomic E-state index is 6.14. The van der Waals surface area contributed by atoms with E-state index in [9.17, 15) is 0 Å². The molecule has 1 saturated carbocycles. The molecule has 2 N–H and O–H groups in total. The predicted octanol–water partition coefficient (Wildman–Crippen LogP) is 0.552. The summed E-state index contributed by atoms with van der Waals surface area (Å²) in [4.78, 5) is 6.45. The zero-order valence-electron chi connectivity index (χ0n) is 8.89. The van der Waals surface area contributed by atoms with Crippen LogP contribution in [0.3, 0.4) is 0 Å². The van der Waals surface area contributed by atoms with Crippen LogP contribution in [0.4, 0.5) is 6.01 Å². The number of anilines is 1. The molecular formula is C10H16N4O. The minimum absolute atomic E-state index is 0.380. The van der Waals surface area contributed by atoms with E-state index in [4.69, 9.17) is 10.3 Å². The summed E-state index contributed by atoms with van der Waals surface area (Å²) in [5.41, 5.74) is 6.14. The molecule has 0 amide bonds. The average molecular weight is 208 g/mol. The highest BCUT2D eigenvalue weighted by Crippen LogP contribution is 2.36. The number of piperidine rings is 1. The van der Waals surface area contributed by atoms with Gasteiger partial charge in [0.1, 0.15) is 0 Å². The van der Waals surface area contributed by atoms with Crippen molar-refractivity contribution in [3.63, 3.8) is 0 Å². The fourth-order valence-electron chi connectivity index (χ4n) is 2.84. The van der Waals surface area contributed by atoms with E-state index in [1.807, 2.05) is 6.92 Å². The third-order valence-corrected chi connectivity index (χ3v) is 3.69. The summed E-state index contributed by atoms with van der Waals surface area (Å²) >= 11 is 0. The van der Waals surface area contributed by atoms with Crippen LogP contribution in [-0.2, 0) is 0 Å².